The molecule has 0 heterocycles. The summed E-state index contributed by atoms with van der Waals surface area (Å²) in [4.78, 5) is 10.2. The maximum absolute atomic E-state index is 13.6. The summed E-state index contributed by atoms with van der Waals surface area (Å²) in [5, 5.41) is 0. The van der Waals surface area contributed by atoms with Gasteiger partial charge in [0.15, 0.2) is 0 Å². The third-order valence-corrected chi connectivity index (χ3v) is 11.1. The third kappa shape index (κ3) is 22.3. The van der Waals surface area contributed by atoms with Crippen LogP contribution in [0, 0.1) is 0 Å². The summed E-state index contributed by atoms with van der Waals surface area (Å²) in [5.41, 5.74) is 0. The minimum Gasteiger partial charge on any atom is -0.325 e. The lowest BCUT2D eigenvalue weighted by atomic mass is 10.0. The van der Waals surface area contributed by atoms with E-state index in [0.717, 1.165) is 19.3 Å². The van der Waals surface area contributed by atoms with Gasteiger partial charge in [0.05, 0.1) is 18.3 Å². The van der Waals surface area contributed by atoms with Gasteiger partial charge in [-0.2, -0.15) is 0 Å². The topological polar surface area (TPSA) is 80.3 Å². The highest BCUT2D eigenvalue weighted by atomic mass is 31.2. The lowest BCUT2D eigenvalue weighted by molar-refractivity contribution is -0.290. The third-order valence-electron chi connectivity index (χ3n) is 5.59. The molecule has 218 valence electrons. The fourth-order valence-corrected chi connectivity index (χ4v) is 9.42. The molecule has 0 aliphatic carbocycles. The second-order valence-corrected chi connectivity index (χ2v) is 15.8. The van der Waals surface area contributed by atoms with Crippen molar-refractivity contribution in [2.45, 2.75) is 163 Å². The average Bonchev–Trinajstić information content (AvgIpc) is 2.78. The molecule has 0 rings (SSSR count). The summed E-state index contributed by atoms with van der Waals surface area (Å²) >= 11 is 0. The van der Waals surface area contributed by atoms with Crippen molar-refractivity contribution in [2.75, 3.05) is 12.1 Å². The SMILES string of the molecule is CCCCCCCCCCCCCCCCCP(=O)(CP(=O)(OOC(C)C)OOC(C)C)OC(C)C. The van der Waals surface area contributed by atoms with E-state index in [4.69, 9.17) is 23.6 Å². The monoisotopic (exact) mass is 556 g/mol. The summed E-state index contributed by atoms with van der Waals surface area (Å²) in [6, 6.07) is 0. The number of hydrogen-bond acceptors (Lipinski definition) is 7. The van der Waals surface area contributed by atoms with Crippen LogP contribution in [0.2, 0.25) is 0 Å². The van der Waals surface area contributed by atoms with Gasteiger partial charge >= 0.3 is 7.60 Å². The molecule has 0 saturated carbocycles. The van der Waals surface area contributed by atoms with Gasteiger partial charge in [-0.1, -0.05) is 96.8 Å². The molecular formula is C27H58O7P2. The molecule has 0 aromatic heterocycles. The van der Waals surface area contributed by atoms with E-state index in [9.17, 15) is 9.13 Å². The van der Waals surface area contributed by atoms with Crippen LogP contribution in [0.3, 0.4) is 0 Å². The molecule has 0 aromatic rings. The van der Waals surface area contributed by atoms with Crippen molar-refractivity contribution in [2.24, 2.45) is 0 Å². The Balaban J connectivity index is 4.31. The quantitative estimate of drug-likeness (QED) is 0.0454. The Morgan fingerprint density at radius 1 is 0.528 bits per heavy atom. The van der Waals surface area contributed by atoms with Gasteiger partial charge in [-0.05, 0) is 48.0 Å². The van der Waals surface area contributed by atoms with Gasteiger partial charge in [-0.15, -0.1) is 9.35 Å². The van der Waals surface area contributed by atoms with Crippen molar-refractivity contribution in [1.29, 1.82) is 0 Å². The predicted octanol–water partition coefficient (Wildman–Crippen LogP) is 10.4. The maximum Gasteiger partial charge on any atom is 0.393 e. The average molecular weight is 557 g/mol. The zero-order valence-corrected chi connectivity index (χ0v) is 26.3. The second kappa shape index (κ2) is 22.1. The van der Waals surface area contributed by atoms with Crippen molar-refractivity contribution in [1.82, 2.24) is 0 Å². The second-order valence-electron chi connectivity index (χ2n) is 10.8. The Morgan fingerprint density at radius 2 is 0.889 bits per heavy atom. The summed E-state index contributed by atoms with van der Waals surface area (Å²) in [6.07, 6.45) is 18.3. The summed E-state index contributed by atoms with van der Waals surface area (Å²) in [7, 11) is -7.20. The predicted molar refractivity (Wildman–Crippen MR) is 151 cm³/mol. The van der Waals surface area contributed by atoms with Crippen molar-refractivity contribution in [3.63, 3.8) is 0 Å². The molecule has 0 saturated heterocycles. The van der Waals surface area contributed by atoms with E-state index < -0.39 is 15.0 Å². The molecular weight excluding hydrogens is 498 g/mol. The maximum atomic E-state index is 13.6. The molecule has 9 heteroatoms. The molecule has 0 aliphatic heterocycles. The van der Waals surface area contributed by atoms with E-state index in [2.05, 4.69) is 6.92 Å². The van der Waals surface area contributed by atoms with E-state index in [-0.39, 0.29) is 24.2 Å². The normalized spacial score (nSPS) is 14.3. The van der Waals surface area contributed by atoms with Crippen LogP contribution in [0.1, 0.15) is 145 Å². The summed E-state index contributed by atoms with van der Waals surface area (Å²) < 4.78 is 42.8. The molecule has 1 unspecified atom stereocenters. The van der Waals surface area contributed by atoms with Gasteiger partial charge in [0.1, 0.15) is 5.90 Å². The first-order chi connectivity index (χ1) is 17.0. The van der Waals surface area contributed by atoms with Crippen LogP contribution in [0.25, 0.3) is 0 Å². The summed E-state index contributed by atoms with van der Waals surface area (Å²) in [6.45, 7) is 12.9. The van der Waals surface area contributed by atoms with E-state index in [1.54, 1.807) is 27.7 Å². The minimum absolute atomic E-state index is 0.266. The standard InChI is InChI=1S/C27H58O7P2/c1-8-9-10-11-12-13-14-15-16-17-18-19-20-21-22-23-35(28,32-27(6)7)24-36(29,33-30-25(2)3)34-31-26(4)5/h25-27H,8-24H2,1-7H3. The Kier molecular flexibility index (Phi) is 22.3. The Labute approximate surface area is 222 Å². The Bertz CT molecular complexity index is 581. The van der Waals surface area contributed by atoms with E-state index in [1.165, 1.54) is 77.0 Å². The van der Waals surface area contributed by atoms with Crippen LogP contribution < -0.4 is 0 Å². The van der Waals surface area contributed by atoms with Gasteiger partial charge in [0, 0.05) is 6.16 Å². The fraction of sp³-hybridized carbons (Fsp3) is 1.00. The molecule has 0 radical (unpaired) electrons. The largest absolute Gasteiger partial charge is 0.393 e. The van der Waals surface area contributed by atoms with Crippen molar-refractivity contribution in [3.05, 3.63) is 0 Å². The Hall–Kier alpha value is 0.260. The lowest BCUT2D eigenvalue weighted by Gasteiger charge is -2.25. The highest BCUT2D eigenvalue weighted by Crippen LogP contribution is 2.64. The van der Waals surface area contributed by atoms with Crippen LogP contribution in [0.5, 0.6) is 0 Å². The van der Waals surface area contributed by atoms with Gasteiger partial charge in [0.2, 0.25) is 7.37 Å². The first-order valence-corrected chi connectivity index (χ1v) is 18.3. The molecule has 0 aliphatic rings. The zero-order chi connectivity index (χ0) is 27.3. The molecule has 0 amide bonds. The van der Waals surface area contributed by atoms with Gasteiger partial charge in [-0.3, -0.25) is 9.13 Å². The Morgan fingerprint density at radius 3 is 1.22 bits per heavy atom. The number of rotatable bonds is 26. The molecule has 36 heavy (non-hydrogen) atoms. The van der Waals surface area contributed by atoms with Crippen LogP contribution in [-0.4, -0.2) is 30.4 Å². The van der Waals surface area contributed by atoms with Crippen molar-refractivity contribution >= 4 is 15.0 Å². The van der Waals surface area contributed by atoms with Gasteiger partial charge in [-0.25, -0.2) is 9.78 Å². The fourth-order valence-electron chi connectivity index (χ4n) is 3.89. The van der Waals surface area contributed by atoms with Gasteiger partial charge in [0.25, 0.3) is 0 Å². The van der Waals surface area contributed by atoms with E-state index >= 15 is 0 Å². The minimum atomic E-state index is -3.93. The smallest absolute Gasteiger partial charge is 0.325 e. The number of hydrogen-bond donors (Lipinski definition) is 0. The highest BCUT2D eigenvalue weighted by Gasteiger charge is 2.40. The van der Waals surface area contributed by atoms with E-state index in [0.29, 0.717) is 6.16 Å². The van der Waals surface area contributed by atoms with Crippen LogP contribution in [0.4, 0.5) is 0 Å². The first-order valence-electron chi connectivity index (χ1n) is 14.6. The molecule has 0 fully saturated rings. The van der Waals surface area contributed by atoms with Crippen molar-refractivity contribution < 1.29 is 32.8 Å². The zero-order valence-electron chi connectivity index (χ0n) is 24.5. The highest BCUT2D eigenvalue weighted by molar-refractivity contribution is 7.73. The molecule has 0 bridgehead atoms. The first kappa shape index (κ1) is 36.3. The molecule has 1 atom stereocenters. The lowest BCUT2D eigenvalue weighted by Crippen LogP contribution is -2.13. The molecule has 7 nitrogen and oxygen atoms in total. The molecule has 0 aromatic carbocycles. The van der Waals surface area contributed by atoms with Gasteiger partial charge < -0.3 is 4.52 Å². The van der Waals surface area contributed by atoms with Crippen molar-refractivity contribution in [3.8, 4) is 0 Å². The molecule has 0 N–H and O–H groups in total. The summed E-state index contributed by atoms with van der Waals surface area (Å²) in [5.74, 6) is -0.365. The number of unbranched alkanes of at least 4 members (excludes halogenated alkanes) is 14. The van der Waals surface area contributed by atoms with E-state index in [1.807, 2.05) is 13.8 Å². The molecule has 0 spiro atoms. The van der Waals surface area contributed by atoms with Crippen LogP contribution >= 0.6 is 15.0 Å². The van der Waals surface area contributed by atoms with Crippen LogP contribution in [0.15, 0.2) is 0 Å². The van der Waals surface area contributed by atoms with Crippen LogP contribution in [-0.2, 0) is 32.8 Å².